The number of rotatable bonds is 0. The molecule has 1 heterocycles. The van der Waals surface area contributed by atoms with Crippen LogP contribution in [-0.4, -0.2) is 36.4 Å². The monoisotopic (exact) mass is 251 g/mol. The minimum Gasteiger partial charge on any atom is -0.360 e. The molecule has 3 unspecified atom stereocenters. The summed E-state index contributed by atoms with van der Waals surface area (Å²) in [6.07, 6.45) is 10.1. The predicted molar refractivity (Wildman–Crippen MR) is 77.9 cm³/mol. The fourth-order valence-electron chi connectivity index (χ4n) is 3.89. The molecule has 18 heavy (non-hydrogen) atoms. The lowest BCUT2D eigenvalue weighted by molar-refractivity contribution is 0.169. The third-order valence-electron chi connectivity index (χ3n) is 4.92. The Kier molecular flexibility index (Phi) is 4.31. The van der Waals surface area contributed by atoms with E-state index in [-0.39, 0.29) is 5.54 Å². The van der Waals surface area contributed by atoms with Crippen LogP contribution in [0.3, 0.4) is 0 Å². The zero-order chi connectivity index (χ0) is 13.2. The Morgan fingerprint density at radius 3 is 2.78 bits per heavy atom. The van der Waals surface area contributed by atoms with Gasteiger partial charge in [0, 0.05) is 32.1 Å². The van der Waals surface area contributed by atoms with Gasteiger partial charge in [0.2, 0.25) is 0 Å². The van der Waals surface area contributed by atoms with Gasteiger partial charge >= 0.3 is 0 Å². The molecule has 0 amide bonds. The highest BCUT2D eigenvalue weighted by molar-refractivity contribution is 5.83. The molecule has 2 fully saturated rings. The first-order valence-corrected chi connectivity index (χ1v) is 7.51. The van der Waals surface area contributed by atoms with Crippen LogP contribution in [0.15, 0.2) is 4.99 Å². The molecule has 0 bridgehead atoms. The summed E-state index contributed by atoms with van der Waals surface area (Å²) in [7, 11) is 4.15. The van der Waals surface area contributed by atoms with Crippen molar-refractivity contribution in [2.24, 2.45) is 16.6 Å². The summed E-state index contributed by atoms with van der Waals surface area (Å²) in [6, 6.07) is 0.665. The van der Waals surface area contributed by atoms with Crippen molar-refractivity contribution in [1.82, 2.24) is 4.90 Å². The SMILES string of the molecule is C/N=C1/CCC2CC(C)(N)CCCCCC2N1C. The van der Waals surface area contributed by atoms with E-state index in [2.05, 4.69) is 23.9 Å². The molecule has 104 valence electrons. The minimum atomic E-state index is 0.0367. The van der Waals surface area contributed by atoms with E-state index in [1.165, 1.54) is 50.8 Å². The molecule has 0 aromatic carbocycles. The summed E-state index contributed by atoms with van der Waals surface area (Å²) in [5, 5.41) is 0. The van der Waals surface area contributed by atoms with Gasteiger partial charge in [-0.25, -0.2) is 0 Å². The van der Waals surface area contributed by atoms with Gasteiger partial charge in [-0.1, -0.05) is 19.3 Å². The van der Waals surface area contributed by atoms with E-state index in [0.29, 0.717) is 6.04 Å². The largest absolute Gasteiger partial charge is 0.360 e. The molecule has 1 aliphatic carbocycles. The number of piperidine rings is 1. The summed E-state index contributed by atoms with van der Waals surface area (Å²) in [5.41, 5.74) is 6.52. The molecule has 1 saturated heterocycles. The van der Waals surface area contributed by atoms with Gasteiger partial charge in [0.25, 0.3) is 0 Å². The Labute approximate surface area is 112 Å². The van der Waals surface area contributed by atoms with Crippen LogP contribution in [0.25, 0.3) is 0 Å². The number of hydrogen-bond acceptors (Lipinski definition) is 2. The molecular formula is C15H29N3. The number of aliphatic imine (C=N–C) groups is 1. The van der Waals surface area contributed by atoms with E-state index >= 15 is 0 Å². The molecular weight excluding hydrogens is 222 g/mol. The maximum atomic E-state index is 6.49. The number of likely N-dealkylation sites (tertiary alicyclic amines) is 1. The van der Waals surface area contributed by atoms with E-state index in [4.69, 9.17) is 5.73 Å². The molecule has 1 saturated carbocycles. The number of nitrogens with two attached hydrogens (primary N) is 1. The maximum absolute atomic E-state index is 6.49. The zero-order valence-electron chi connectivity index (χ0n) is 12.3. The fourth-order valence-corrected chi connectivity index (χ4v) is 3.89. The normalized spacial score (nSPS) is 40.9. The van der Waals surface area contributed by atoms with Crippen LogP contribution in [-0.2, 0) is 0 Å². The molecule has 3 nitrogen and oxygen atoms in total. The molecule has 2 N–H and O–H groups in total. The average molecular weight is 251 g/mol. The van der Waals surface area contributed by atoms with Crippen molar-refractivity contribution < 1.29 is 0 Å². The highest BCUT2D eigenvalue weighted by atomic mass is 15.2. The summed E-state index contributed by atoms with van der Waals surface area (Å²) in [6.45, 7) is 2.25. The minimum absolute atomic E-state index is 0.0367. The Bertz CT molecular complexity index is 309. The van der Waals surface area contributed by atoms with Gasteiger partial charge in [-0.2, -0.15) is 0 Å². The molecule has 2 aliphatic rings. The molecule has 0 spiro atoms. The van der Waals surface area contributed by atoms with E-state index in [1.807, 2.05) is 7.05 Å². The Balaban J connectivity index is 2.15. The van der Waals surface area contributed by atoms with Crippen molar-refractivity contribution in [3.8, 4) is 0 Å². The Morgan fingerprint density at radius 2 is 2.06 bits per heavy atom. The van der Waals surface area contributed by atoms with Crippen molar-refractivity contribution in [3.05, 3.63) is 0 Å². The summed E-state index contributed by atoms with van der Waals surface area (Å²) in [5.74, 6) is 2.04. The lowest BCUT2D eigenvalue weighted by Crippen LogP contribution is -2.49. The standard InChI is InChI=1S/C15H29N3/c1-15(16)10-6-4-5-7-13-12(11-15)8-9-14(17-2)18(13)3/h12-13H,4-11,16H2,1-3H3/b17-14-. The van der Waals surface area contributed by atoms with Gasteiger partial charge in [0.1, 0.15) is 0 Å². The first-order chi connectivity index (χ1) is 8.53. The lowest BCUT2D eigenvalue weighted by atomic mass is 9.78. The third kappa shape index (κ3) is 3.05. The van der Waals surface area contributed by atoms with Gasteiger partial charge in [0.15, 0.2) is 0 Å². The van der Waals surface area contributed by atoms with Crippen molar-refractivity contribution in [1.29, 1.82) is 0 Å². The third-order valence-corrected chi connectivity index (χ3v) is 4.92. The van der Waals surface area contributed by atoms with E-state index in [1.54, 1.807) is 0 Å². The highest BCUT2D eigenvalue weighted by Gasteiger charge is 2.36. The maximum Gasteiger partial charge on any atom is 0.0985 e. The molecule has 0 aromatic heterocycles. The van der Waals surface area contributed by atoms with Crippen LogP contribution in [0.2, 0.25) is 0 Å². The van der Waals surface area contributed by atoms with Gasteiger partial charge in [0.05, 0.1) is 5.84 Å². The van der Waals surface area contributed by atoms with Gasteiger partial charge in [-0.15, -0.1) is 0 Å². The summed E-state index contributed by atoms with van der Waals surface area (Å²) in [4.78, 5) is 6.88. The number of fused-ring (bicyclic) bond motifs is 1. The van der Waals surface area contributed by atoms with E-state index in [9.17, 15) is 0 Å². The quantitative estimate of drug-likeness (QED) is 0.719. The Morgan fingerprint density at radius 1 is 1.28 bits per heavy atom. The molecule has 0 aromatic rings. The zero-order valence-corrected chi connectivity index (χ0v) is 12.3. The van der Waals surface area contributed by atoms with Crippen molar-refractivity contribution in [2.45, 2.75) is 69.9 Å². The number of hydrogen-bond donors (Lipinski definition) is 1. The second kappa shape index (κ2) is 5.60. The van der Waals surface area contributed by atoms with Crippen LogP contribution in [0.4, 0.5) is 0 Å². The first-order valence-electron chi connectivity index (χ1n) is 7.51. The fraction of sp³-hybridized carbons (Fsp3) is 0.933. The van der Waals surface area contributed by atoms with Crippen LogP contribution in [0.5, 0.6) is 0 Å². The van der Waals surface area contributed by atoms with E-state index in [0.717, 1.165) is 12.3 Å². The number of amidine groups is 1. The van der Waals surface area contributed by atoms with Crippen LogP contribution in [0.1, 0.15) is 58.3 Å². The molecule has 3 atom stereocenters. The molecule has 3 heteroatoms. The van der Waals surface area contributed by atoms with Crippen molar-refractivity contribution in [3.63, 3.8) is 0 Å². The van der Waals surface area contributed by atoms with Gasteiger partial charge in [-0.05, 0) is 38.5 Å². The first kappa shape index (κ1) is 13.9. The summed E-state index contributed by atoms with van der Waals surface area (Å²) >= 11 is 0. The smallest absolute Gasteiger partial charge is 0.0985 e. The molecule has 2 rings (SSSR count). The highest BCUT2D eigenvalue weighted by Crippen LogP contribution is 2.35. The van der Waals surface area contributed by atoms with Crippen molar-refractivity contribution in [2.75, 3.05) is 14.1 Å². The van der Waals surface area contributed by atoms with Crippen LogP contribution >= 0.6 is 0 Å². The lowest BCUT2D eigenvalue weighted by Gasteiger charge is -2.43. The predicted octanol–water partition coefficient (Wildman–Crippen LogP) is 2.80. The second-order valence-electron chi connectivity index (χ2n) is 6.57. The van der Waals surface area contributed by atoms with Gasteiger partial charge in [-0.3, -0.25) is 4.99 Å². The van der Waals surface area contributed by atoms with Gasteiger partial charge < -0.3 is 10.6 Å². The van der Waals surface area contributed by atoms with Crippen LogP contribution < -0.4 is 5.73 Å². The summed E-state index contributed by atoms with van der Waals surface area (Å²) < 4.78 is 0. The molecule has 1 aliphatic heterocycles. The van der Waals surface area contributed by atoms with E-state index < -0.39 is 0 Å². The second-order valence-corrected chi connectivity index (χ2v) is 6.57. The topological polar surface area (TPSA) is 41.6 Å². The Hall–Kier alpha value is -0.570. The van der Waals surface area contributed by atoms with Crippen molar-refractivity contribution >= 4 is 5.84 Å². The molecule has 0 radical (unpaired) electrons. The number of nitrogens with zero attached hydrogens (tertiary/aromatic N) is 2. The van der Waals surface area contributed by atoms with Crippen LogP contribution in [0, 0.1) is 5.92 Å². The average Bonchev–Trinajstić information content (AvgIpc) is 2.38.